The highest BCUT2D eigenvalue weighted by atomic mass is 35.5. The third-order valence-corrected chi connectivity index (χ3v) is 7.76. The molecule has 5 rings (SSSR count). The Morgan fingerprint density at radius 1 is 1.24 bits per heavy atom. The number of aromatic nitrogens is 4. The summed E-state index contributed by atoms with van der Waals surface area (Å²) >= 11 is 6.48. The van der Waals surface area contributed by atoms with Gasteiger partial charge < -0.3 is 20.5 Å². The molecule has 4 heterocycles. The van der Waals surface area contributed by atoms with Crippen LogP contribution in [-0.2, 0) is 5.41 Å². The first kappa shape index (κ1) is 28.3. The Labute approximate surface area is 241 Å². The molecule has 10 nitrogen and oxygen atoms in total. The lowest BCUT2D eigenvalue weighted by molar-refractivity contribution is 0.0283. The summed E-state index contributed by atoms with van der Waals surface area (Å²) in [4.78, 5) is 23.2. The van der Waals surface area contributed by atoms with Crippen molar-refractivity contribution >= 4 is 28.8 Å². The summed E-state index contributed by atoms with van der Waals surface area (Å²) < 4.78 is 21.7. The van der Waals surface area contributed by atoms with Crippen LogP contribution in [0.1, 0.15) is 55.1 Å². The molecule has 0 spiro atoms. The topological polar surface area (TPSA) is 143 Å². The lowest BCUT2D eigenvalue weighted by Crippen LogP contribution is -2.41. The molecular formula is C29H29ClFN7O3. The summed E-state index contributed by atoms with van der Waals surface area (Å²) in [5, 5.41) is 24.2. The predicted octanol–water partition coefficient (Wildman–Crippen LogP) is 4.26. The lowest BCUT2D eigenvalue weighted by Gasteiger charge is -2.40. The molecule has 1 amide bonds. The zero-order valence-corrected chi connectivity index (χ0v) is 23.6. The van der Waals surface area contributed by atoms with Crippen LogP contribution in [0.2, 0.25) is 5.02 Å². The smallest absolute Gasteiger partial charge is 0.250 e. The van der Waals surface area contributed by atoms with Crippen molar-refractivity contribution in [1.82, 2.24) is 19.6 Å². The van der Waals surface area contributed by atoms with Crippen molar-refractivity contribution in [3.63, 3.8) is 0 Å². The maximum atomic E-state index is 14.3. The van der Waals surface area contributed by atoms with Crippen LogP contribution < -0.4 is 15.4 Å². The number of carbonyl (C=O) groups is 1. The molecule has 1 aliphatic rings. The van der Waals surface area contributed by atoms with Gasteiger partial charge >= 0.3 is 0 Å². The maximum absolute atomic E-state index is 14.3. The molecule has 0 bridgehead atoms. The average Bonchev–Trinajstić information content (AvgIpc) is 3.36. The minimum absolute atomic E-state index is 0.0202. The number of rotatable bonds is 7. The summed E-state index contributed by atoms with van der Waals surface area (Å²) in [7, 11) is 0. The Kier molecular flexibility index (Phi) is 7.32. The van der Waals surface area contributed by atoms with Crippen molar-refractivity contribution in [2.24, 2.45) is 5.73 Å². The molecular weight excluding hydrogens is 549 g/mol. The van der Waals surface area contributed by atoms with Crippen molar-refractivity contribution in [1.29, 1.82) is 5.26 Å². The number of anilines is 1. The average molecular weight is 578 g/mol. The monoisotopic (exact) mass is 577 g/mol. The molecule has 0 atom stereocenters. The van der Waals surface area contributed by atoms with Gasteiger partial charge in [0.1, 0.15) is 30.1 Å². The van der Waals surface area contributed by atoms with E-state index in [4.69, 9.17) is 22.1 Å². The minimum Gasteiger partial charge on any atom is -0.489 e. The van der Waals surface area contributed by atoms with Gasteiger partial charge in [0.05, 0.1) is 57.7 Å². The van der Waals surface area contributed by atoms with Crippen LogP contribution in [0.25, 0.3) is 16.8 Å². The second-order valence-electron chi connectivity index (χ2n) is 11.1. The molecule has 0 radical (unpaired) electrons. The van der Waals surface area contributed by atoms with Gasteiger partial charge in [0.2, 0.25) is 5.91 Å². The Morgan fingerprint density at radius 3 is 2.59 bits per heavy atom. The van der Waals surface area contributed by atoms with E-state index in [9.17, 15) is 19.6 Å². The number of benzene rings is 1. The number of amides is 1. The summed E-state index contributed by atoms with van der Waals surface area (Å²) in [5.41, 5.74) is 6.55. The van der Waals surface area contributed by atoms with Crippen LogP contribution >= 0.6 is 11.6 Å². The van der Waals surface area contributed by atoms with Gasteiger partial charge in [-0.05, 0) is 55.9 Å². The largest absolute Gasteiger partial charge is 0.489 e. The Morgan fingerprint density at radius 2 is 1.98 bits per heavy atom. The van der Waals surface area contributed by atoms with E-state index in [0.717, 1.165) is 6.07 Å². The number of nitriles is 1. The lowest BCUT2D eigenvalue weighted by atomic mass is 9.74. The molecule has 3 N–H and O–H groups in total. The first-order valence-corrected chi connectivity index (χ1v) is 13.4. The molecule has 41 heavy (non-hydrogen) atoms. The van der Waals surface area contributed by atoms with E-state index in [1.165, 1.54) is 12.3 Å². The number of carbonyl (C=O) groups excluding carboxylic acids is 1. The van der Waals surface area contributed by atoms with Gasteiger partial charge in [0.25, 0.3) is 0 Å². The van der Waals surface area contributed by atoms with Gasteiger partial charge in [-0.15, -0.1) is 0 Å². The second-order valence-corrected chi connectivity index (χ2v) is 11.5. The van der Waals surface area contributed by atoms with Crippen LogP contribution in [0.15, 0.2) is 43.0 Å². The van der Waals surface area contributed by atoms with Crippen LogP contribution in [0, 0.1) is 17.1 Å². The molecule has 3 aromatic heterocycles. The molecule has 4 aromatic rings. The quantitative estimate of drug-likeness (QED) is 0.332. The summed E-state index contributed by atoms with van der Waals surface area (Å²) in [6, 6.07) is 6.36. The van der Waals surface area contributed by atoms with Crippen molar-refractivity contribution < 1.29 is 19.0 Å². The molecule has 212 valence electrons. The van der Waals surface area contributed by atoms with Crippen molar-refractivity contribution in [3.8, 4) is 23.1 Å². The van der Waals surface area contributed by atoms with Gasteiger partial charge in [-0.2, -0.15) is 10.4 Å². The third kappa shape index (κ3) is 5.66. The van der Waals surface area contributed by atoms with Crippen molar-refractivity contribution in [2.45, 2.75) is 44.6 Å². The number of aliphatic hydroxyl groups is 1. The van der Waals surface area contributed by atoms with Gasteiger partial charge in [-0.3, -0.25) is 9.78 Å². The standard InChI is InChI=1S/C29H29ClFN7O3/c1-28(2,40)16-41-19-10-20(26-17(11-32)12-36-38(26)15-19)23-13-35-24(14-34-23)37-6-4-29(3,5-7-37)22-9-18(31)8-21(25(22)30)27(33)39/h8-10,12-15,40H,4-7,16H2,1-3H3,(H2,33,39). The molecule has 1 saturated heterocycles. The van der Waals surface area contributed by atoms with E-state index in [1.807, 2.05) is 6.92 Å². The maximum Gasteiger partial charge on any atom is 0.250 e. The Balaban J connectivity index is 1.39. The fourth-order valence-electron chi connectivity index (χ4n) is 5.04. The fourth-order valence-corrected chi connectivity index (χ4v) is 5.47. The van der Waals surface area contributed by atoms with Gasteiger partial charge in [-0.1, -0.05) is 18.5 Å². The number of nitrogens with two attached hydrogens (primary N) is 1. The van der Waals surface area contributed by atoms with Gasteiger partial charge in [0, 0.05) is 18.7 Å². The predicted molar refractivity (Wildman–Crippen MR) is 151 cm³/mol. The van der Waals surface area contributed by atoms with E-state index < -0.39 is 22.7 Å². The number of fused-ring (bicyclic) bond motifs is 1. The normalized spacial score (nSPS) is 15.1. The van der Waals surface area contributed by atoms with E-state index in [-0.39, 0.29) is 17.2 Å². The summed E-state index contributed by atoms with van der Waals surface area (Å²) in [6.07, 6.45) is 7.70. The number of hydrogen-bond donors (Lipinski definition) is 2. The van der Waals surface area contributed by atoms with E-state index in [1.54, 1.807) is 43.0 Å². The highest BCUT2D eigenvalue weighted by Crippen LogP contribution is 2.41. The van der Waals surface area contributed by atoms with Crippen LogP contribution in [-0.4, -0.2) is 55.9 Å². The molecule has 0 saturated carbocycles. The number of hydrogen-bond acceptors (Lipinski definition) is 8. The molecule has 1 aromatic carbocycles. The number of primary amides is 1. The number of ether oxygens (including phenoxy) is 1. The highest BCUT2D eigenvalue weighted by molar-refractivity contribution is 6.34. The number of piperidine rings is 1. The molecule has 0 unspecified atom stereocenters. The first-order chi connectivity index (χ1) is 19.4. The molecule has 12 heteroatoms. The summed E-state index contributed by atoms with van der Waals surface area (Å²) in [6.45, 7) is 6.57. The fraction of sp³-hybridized carbons (Fsp3) is 0.345. The van der Waals surface area contributed by atoms with Crippen LogP contribution in [0.5, 0.6) is 5.75 Å². The van der Waals surface area contributed by atoms with E-state index in [2.05, 4.69) is 26.0 Å². The molecule has 1 aliphatic heterocycles. The Bertz CT molecular complexity index is 1670. The Hall–Kier alpha value is -4.27. The number of pyridine rings is 1. The van der Waals surface area contributed by atoms with E-state index in [0.29, 0.717) is 65.4 Å². The van der Waals surface area contributed by atoms with E-state index >= 15 is 0 Å². The summed E-state index contributed by atoms with van der Waals surface area (Å²) in [5.74, 6) is -0.196. The van der Waals surface area contributed by atoms with Crippen molar-refractivity contribution in [3.05, 3.63) is 70.5 Å². The second kappa shape index (κ2) is 10.6. The van der Waals surface area contributed by atoms with Gasteiger partial charge in [0.15, 0.2) is 0 Å². The highest BCUT2D eigenvalue weighted by Gasteiger charge is 2.35. The number of nitrogens with zero attached hydrogens (tertiary/aromatic N) is 6. The van der Waals surface area contributed by atoms with Crippen LogP contribution in [0.3, 0.4) is 0 Å². The van der Waals surface area contributed by atoms with Crippen LogP contribution in [0.4, 0.5) is 10.2 Å². The first-order valence-electron chi connectivity index (χ1n) is 13.0. The minimum atomic E-state index is -1.03. The molecule has 1 fully saturated rings. The zero-order valence-electron chi connectivity index (χ0n) is 22.9. The van der Waals surface area contributed by atoms with Crippen molar-refractivity contribution in [2.75, 3.05) is 24.6 Å². The number of halogens is 2. The third-order valence-electron chi connectivity index (χ3n) is 7.36. The van der Waals surface area contributed by atoms with Gasteiger partial charge in [-0.25, -0.2) is 13.9 Å². The zero-order chi connectivity index (χ0) is 29.5. The molecule has 0 aliphatic carbocycles. The SMILES string of the molecule is CC(C)(O)COc1cc(-c2cnc(N3CCC(C)(c4cc(F)cc(C(N)=O)c4Cl)CC3)cn2)c2c(C#N)cnn2c1.